The number of nitrogens with zero attached hydrogens (tertiary/aromatic N) is 6. The van der Waals surface area contributed by atoms with E-state index in [0.29, 0.717) is 29.2 Å². The monoisotopic (exact) mass is 904 g/mol. The first-order valence-corrected chi connectivity index (χ1v) is 21.0. The van der Waals surface area contributed by atoms with Crippen molar-refractivity contribution in [3.05, 3.63) is 147 Å². The zero-order chi connectivity index (χ0) is 44.2. The number of carbonyl (C=O) groups is 5. The number of thiazole rings is 1. The van der Waals surface area contributed by atoms with Gasteiger partial charge in [-0.1, -0.05) is 107 Å². The van der Waals surface area contributed by atoms with Crippen molar-refractivity contribution in [2.45, 2.75) is 29.6 Å². The van der Waals surface area contributed by atoms with Crippen molar-refractivity contribution in [2.24, 2.45) is 5.16 Å². The highest BCUT2D eigenvalue weighted by Crippen LogP contribution is 2.43. The Kier molecular flexibility index (Phi) is 12.5. The number of aliphatic carboxylic acids is 2. The molecule has 2 fully saturated rings. The third kappa shape index (κ3) is 8.64. The summed E-state index contributed by atoms with van der Waals surface area (Å²) in [5.41, 5.74) is 8.81. The number of rotatable bonds is 11. The number of fused-ring (bicyclic) bond motifs is 1. The molecule has 318 valence electrons. The number of benzene rings is 3. The van der Waals surface area contributed by atoms with Crippen molar-refractivity contribution >= 4 is 80.1 Å². The number of nitrogens with one attached hydrogen (secondary N) is 1. The van der Waals surface area contributed by atoms with Gasteiger partial charge in [0.2, 0.25) is 10.7 Å². The number of carboxylic acids is 2. The number of halogens is 3. The number of amides is 3. The van der Waals surface area contributed by atoms with Gasteiger partial charge >= 0.3 is 18.1 Å². The summed E-state index contributed by atoms with van der Waals surface area (Å²) in [6.45, 7) is 0.378. The predicted octanol–water partition coefficient (Wildman–Crippen LogP) is 5.02. The third-order valence-electron chi connectivity index (χ3n) is 9.58. The average molecular weight is 905 g/mol. The van der Waals surface area contributed by atoms with Crippen LogP contribution in [0.2, 0.25) is 0 Å². The maximum atomic E-state index is 14.2. The molecule has 3 amide bonds. The molecular formula is C40H31F3N8O8S3. The van der Waals surface area contributed by atoms with Gasteiger partial charge in [-0.05, 0) is 18.1 Å². The molecule has 62 heavy (non-hydrogen) atoms. The molecule has 3 aliphatic rings. The van der Waals surface area contributed by atoms with E-state index in [4.69, 9.17) is 20.5 Å². The van der Waals surface area contributed by atoms with Crippen molar-refractivity contribution in [1.29, 1.82) is 0 Å². The van der Waals surface area contributed by atoms with E-state index in [1.807, 2.05) is 91.0 Å². The fraction of sp³-hybridized carbons (Fsp3) is 0.175. The van der Waals surface area contributed by atoms with Gasteiger partial charge in [-0.2, -0.15) is 13.2 Å². The van der Waals surface area contributed by atoms with Crippen LogP contribution in [-0.4, -0.2) is 95.6 Å². The van der Waals surface area contributed by atoms with Crippen LogP contribution in [0, 0.1) is 0 Å². The molecule has 0 spiro atoms. The summed E-state index contributed by atoms with van der Waals surface area (Å²) in [5, 5.41) is 33.9. The number of nitrogens with two attached hydrogens (primary N) is 1. The SMILES string of the molecule is Nc1nc(C(=NOC(c2ccccc2)(c2ccccc2)c2ccccc2)C(=O)N[C@@H]2C(=O)N3C(C(=O)O)=C(C=C4CCN(c5nncs5)C4=O)CS[C@H]23)cs1.O=C(O)C(F)(F)F. The van der Waals surface area contributed by atoms with Crippen LogP contribution < -0.4 is 16.0 Å². The zero-order valence-corrected chi connectivity index (χ0v) is 34.1. The van der Waals surface area contributed by atoms with Gasteiger partial charge in [0, 0.05) is 39.9 Å². The number of hydrogen-bond acceptors (Lipinski definition) is 14. The van der Waals surface area contributed by atoms with E-state index in [1.165, 1.54) is 33.5 Å². The van der Waals surface area contributed by atoms with Crippen LogP contribution in [0.1, 0.15) is 28.8 Å². The Morgan fingerprint density at radius 1 is 0.919 bits per heavy atom. The number of carboxylic acid groups (broad SMARTS) is 2. The number of aromatic nitrogens is 3. The number of alkyl halides is 3. The van der Waals surface area contributed by atoms with Crippen molar-refractivity contribution in [1.82, 2.24) is 25.4 Å². The summed E-state index contributed by atoms with van der Waals surface area (Å²) in [6, 6.07) is 27.3. The molecule has 2 saturated heterocycles. The first-order valence-electron chi connectivity index (χ1n) is 18.2. The fourth-order valence-corrected chi connectivity index (χ4v) is 9.22. The Morgan fingerprint density at radius 2 is 1.50 bits per heavy atom. The van der Waals surface area contributed by atoms with E-state index in [9.17, 15) is 37.5 Å². The van der Waals surface area contributed by atoms with Gasteiger partial charge in [0.05, 0.1) is 0 Å². The van der Waals surface area contributed by atoms with E-state index < -0.39 is 46.9 Å². The van der Waals surface area contributed by atoms with E-state index in [0.717, 1.165) is 32.9 Å². The van der Waals surface area contributed by atoms with Crippen molar-refractivity contribution in [3.63, 3.8) is 0 Å². The third-order valence-corrected chi connectivity index (χ3v) is 12.3. The molecule has 0 saturated carbocycles. The van der Waals surface area contributed by atoms with Crippen LogP contribution in [0.25, 0.3) is 0 Å². The first kappa shape index (κ1) is 43.2. The summed E-state index contributed by atoms with van der Waals surface area (Å²) in [6.07, 6.45) is -3.16. The molecule has 22 heteroatoms. The normalized spacial score (nSPS) is 18.4. The molecule has 0 unspecified atom stereocenters. The molecule has 0 radical (unpaired) electrons. The maximum absolute atomic E-state index is 14.2. The number of thioether (sulfide) groups is 1. The summed E-state index contributed by atoms with van der Waals surface area (Å²) >= 11 is 3.61. The minimum absolute atomic E-state index is 0.131. The number of nitrogen functional groups attached to an aromatic ring is 1. The van der Waals surface area contributed by atoms with Crippen LogP contribution in [0.3, 0.4) is 0 Å². The Bertz CT molecular complexity index is 2500. The van der Waals surface area contributed by atoms with E-state index >= 15 is 0 Å². The molecular weight excluding hydrogens is 874 g/mol. The Balaban J connectivity index is 0.000000762. The number of β-lactam (4-membered cyclic amide) rings is 1. The highest BCUT2D eigenvalue weighted by atomic mass is 32.2. The molecule has 16 nitrogen and oxygen atoms in total. The predicted molar refractivity (Wildman–Crippen MR) is 222 cm³/mol. The molecule has 5 aromatic rings. The van der Waals surface area contributed by atoms with Crippen molar-refractivity contribution in [3.8, 4) is 0 Å². The second-order valence-electron chi connectivity index (χ2n) is 13.3. The number of anilines is 2. The topological polar surface area (TPSA) is 231 Å². The Hall–Kier alpha value is -6.91. The standard InChI is InChI=1S/C38H30N8O6S3.C2HF3O2/c39-36-41-27(20-54-36)28(44-52-38(24-10-4-1-5-11-24,25-12-6-2-7-13-25)26-14-8-3-9-15-26)31(47)42-29-33(49)46-30(35(50)51)23(19-53-34(29)46)18-22-16-17-45(32(22)48)37-43-40-21-55-37;3-2(4,5)1(6)7/h1-15,18,20-21,29,34H,16-17,19H2,(H2,39,41)(H,42,47)(H,50,51);(H,6,7)/t29-,34-;/m1./s1. The number of allylic oxidation sites excluding steroid dienone is 1. The molecule has 8 rings (SSSR count). The molecule has 2 atom stereocenters. The summed E-state index contributed by atoms with van der Waals surface area (Å²) in [5.74, 6) is -5.60. The van der Waals surface area contributed by atoms with Gasteiger partial charge < -0.3 is 26.1 Å². The lowest BCUT2D eigenvalue weighted by molar-refractivity contribution is -0.192. The minimum atomic E-state index is -5.08. The van der Waals surface area contributed by atoms with Crippen LogP contribution in [0.4, 0.5) is 23.4 Å². The quantitative estimate of drug-likeness (QED) is 0.0449. The molecule has 0 bridgehead atoms. The van der Waals surface area contributed by atoms with Crippen LogP contribution in [-0.2, 0) is 34.4 Å². The highest BCUT2D eigenvalue weighted by molar-refractivity contribution is 8.00. The smallest absolute Gasteiger partial charge is 0.477 e. The summed E-state index contributed by atoms with van der Waals surface area (Å²) < 4.78 is 31.7. The maximum Gasteiger partial charge on any atom is 0.490 e. The Labute approximate surface area is 361 Å². The first-order chi connectivity index (χ1) is 29.7. The lowest BCUT2D eigenvalue weighted by Gasteiger charge is -2.49. The number of hydrogen-bond donors (Lipinski definition) is 4. The lowest BCUT2D eigenvalue weighted by Crippen LogP contribution is -2.71. The summed E-state index contributed by atoms with van der Waals surface area (Å²) in [4.78, 5) is 76.1. The molecule has 0 aliphatic carbocycles. The fourth-order valence-electron chi connectivity index (χ4n) is 6.78. The lowest BCUT2D eigenvalue weighted by atomic mass is 9.80. The second kappa shape index (κ2) is 18.0. The van der Waals surface area contributed by atoms with Gasteiger partial charge in [0.1, 0.15) is 28.3 Å². The molecule has 5 heterocycles. The zero-order valence-electron chi connectivity index (χ0n) is 31.6. The summed E-state index contributed by atoms with van der Waals surface area (Å²) in [7, 11) is 0. The molecule has 3 aromatic carbocycles. The average Bonchev–Trinajstić information content (AvgIpc) is 4.04. The van der Waals surface area contributed by atoms with Gasteiger partial charge in [-0.3, -0.25) is 24.2 Å². The molecule has 3 aliphatic heterocycles. The number of oxime groups is 1. The van der Waals surface area contributed by atoms with Gasteiger partial charge in [0.15, 0.2) is 10.8 Å². The molecule has 2 aromatic heterocycles. The largest absolute Gasteiger partial charge is 0.490 e. The van der Waals surface area contributed by atoms with Gasteiger partial charge in [-0.25, -0.2) is 14.6 Å². The second-order valence-corrected chi connectivity index (χ2v) is 16.1. The van der Waals surface area contributed by atoms with E-state index in [-0.39, 0.29) is 33.9 Å². The van der Waals surface area contributed by atoms with Gasteiger partial charge in [-0.15, -0.1) is 33.3 Å². The number of carbonyl (C=O) groups excluding carboxylic acids is 3. The van der Waals surface area contributed by atoms with Gasteiger partial charge in [0.25, 0.3) is 17.7 Å². The Morgan fingerprint density at radius 3 is 1.98 bits per heavy atom. The van der Waals surface area contributed by atoms with Crippen molar-refractivity contribution < 1.29 is 52.2 Å². The highest BCUT2D eigenvalue weighted by Gasteiger charge is 2.54. The minimum Gasteiger partial charge on any atom is -0.477 e. The molecule has 5 N–H and O–H groups in total. The van der Waals surface area contributed by atoms with Crippen LogP contribution in [0.15, 0.2) is 130 Å². The van der Waals surface area contributed by atoms with E-state index in [1.54, 1.807) is 11.5 Å². The van der Waals surface area contributed by atoms with E-state index in [2.05, 4.69) is 25.7 Å². The van der Waals surface area contributed by atoms with Crippen molar-refractivity contribution in [2.75, 3.05) is 22.9 Å². The van der Waals surface area contributed by atoms with Crippen LogP contribution in [0.5, 0.6) is 0 Å². The van der Waals surface area contributed by atoms with Crippen LogP contribution >= 0.6 is 34.4 Å².